The zero-order chi connectivity index (χ0) is 19.5. The van der Waals surface area contributed by atoms with Gasteiger partial charge < -0.3 is 14.9 Å². The largest absolute Gasteiger partial charge is 0.493 e. The van der Waals surface area contributed by atoms with Crippen molar-refractivity contribution in [3.63, 3.8) is 0 Å². The molecule has 0 radical (unpaired) electrons. The Morgan fingerprint density at radius 2 is 1.93 bits per heavy atom. The number of hydrogen-bond donors (Lipinski definition) is 1. The molecule has 0 atom stereocenters. The van der Waals surface area contributed by atoms with Gasteiger partial charge in [0.1, 0.15) is 12.1 Å². The molecule has 1 aliphatic heterocycles. The highest BCUT2D eigenvalue weighted by Gasteiger charge is 2.17. The maximum absolute atomic E-state index is 14.3. The first-order chi connectivity index (χ1) is 13.7. The molecule has 1 aromatic heterocycles. The van der Waals surface area contributed by atoms with Crippen LogP contribution >= 0.6 is 11.6 Å². The highest BCUT2D eigenvalue weighted by Crippen LogP contribution is 2.36. The molecule has 3 aromatic rings. The van der Waals surface area contributed by atoms with Gasteiger partial charge in [-0.1, -0.05) is 24.1 Å². The van der Waals surface area contributed by atoms with E-state index in [1.54, 1.807) is 25.3 Å². The fourth-order valence-electron chi connectivity index (χ4n) is 3.22. The number of nitrogens with zero attached hydrogens (tertiary/aromatic N) is 3. The lowest BCUT2D eigenvalue weighted by Crippen LogP contribution is -2.32. The van der Waals surface area contributed by atoms with E-state index in [2.05, 4.69) is 15.3 Å². The highest BCUT2D eigenvalue weighted by molar-refractivity contribution is 6.31. The molecule has 2 aromatic carbocycles. The summed E-state index contributed by atoms with van der Waals surface area (Å²) in [5.41, 5.74) is 0.893. The Morgan fingerprint density at radius 3 is 2.71 bits per heavy atom. The number of piperidine rings is 1. The van der Waals surface area contributed by atoms with Gasteiger partial charge in [-0.2, -0.15) is 0 Å². The van der Waals surface area contributed by atoms with Crippen LogP contribution in [0.2, 0.25) is 5.02 Å². The fraction of sp³-hybridized carbons (Fsp3) is 0.300. The second-order valence-electron chi connectivity index (χ2n) is 6.55. The minimum Gasteiger partial charge on any atom is -0.493 e. The maximum Gasteiger partial charge on any atom is 0.190 e. The minimum absolute atomic E-state index is 0.0409. The third kappa shape index (κ3) is 3.81. The van der Waals surface area contributed by atoms with Gasteiger partial charge in [0.05, 0.1) is 23.3 Å². The van der Waals surface area contributed by atoms with Crippen molar-refractivity contribution in [2.45, 2.75) is 19.3 Å². The molecule has 0 spiro atoms. The van der Waals surface area contributed by atoms with E-state index in [1.165, 1.54) is 18.8 Å². The zero-order valence-corrected chi connectivity index (χ0v) is 16.2. The number of fused-ring (bicyclic) bond motifs is 1. The van der Waals surface area contributed by atoms with Crippen LogP contribution in [0.5, 0.6) is 11.5 Å². The van der Waals surface area contributed by atoms with Crippen LogP contribution in [0.25, 0.3) is 10.9 Å². The standard InChI is InChI=1S/C20H20ClFN4O2/c1-27-17-11-16-13(10-18(17)28-26-8-3-2-4-9-26)20(24-12-23-16)25-15-7-5-6-14(21)19(15)22/h5-7,10-12H,2-4,8-9H2,1H3,(H,23,24,25). The Balaban J connectivity index is 1.73. The number of ether oxygens (including phenoxy) is 1. The molecule has 8 heteroatoms. The van der Waals surface area contributed by atoms with Crippen LogP contribution in [-0.4, -0.2) is 35.2 Å². The number of hydroxylamine groups is 2. The summed E-state index contributed by atoms with van der Waals surface area (Å²) in [6.45, 7) is 1.73. The van der Waals surface area contributed by atoms with Crippen molar-refractivity contribution in [3.05, 3.63) is 47.5 Å². The summed E-state index contributed by atoms with van der Waals surface area (Å²) >= 11 is 5.88. The van der Waals surface area contributed by atoms with Crippen LogP contribution in [-0.2, 0) is 0 Å². The summed E-state index contributed by atoms with van der Waals surface area (Å²) in [6.07, 6.45) is 4.82. The van der Waals surface area contributed by atoms with Crippen molar-refractivity contribution in [1.29, 1.82) is 0 Å². The lowest BCUT2D eigenvalue weighted by atomic mass is 10.2. The molecule has 1 N–H and O–H groups in total. The van der Waals surface area contributed by atoms with Crippen molar-refractivity contribution in [1.82, 2.24) is 15.0 Å². The molecule has 1 fully saturated rings. The summed E-state index contributed by atoms with van der Waals surface area (Å²) in [7, 11) is 1.59. The molecule has 1 aliphatic rings. The fourth-order valence-corrected chi connectivity index (χ4v) is 3.39. The molecule has 0 unspecified atom stereocenters. The summed E-state index contributed by atoms with van der Waals surface area (Å²) in [6, 6.07) is 8.37. The van der Waals surface area contributed by atoms with E-state index < -0.39 is 5.82 Å². The van der Waals surface area contributed by atoms with Crippen LogP contribution < -0.4 is 14.9 Å². The monoisotopic (exact) mass is 402 g/mol. The Labute approximate surface area is 167 Å². The first-order valence-corrected chi connectivity index (χ1v) is 9.50. The molecule has 0 saturated carbocycles. The molecule has 146 valence electrons. The molecule has 4 rings (SSSR count). The quantitative estimate of drug-likeness (QED) is 0.651. The van der Waals surface area contributed by atoms with Gasteiger partial charge in [0.25, 0.3) is 0 Å². The number of methoxy groups -OCH3 is 1. The number of benzene rings is 2. The predicted molar refractivity (Wildman–Crippen MR) is 107 cm³/mol. The molecule has 28 heavy (non-hydrogen) atoms. The minimum atomic E-state index is -0.533. The van der Waals surface area contributed by atoms with Crippen molar-refractivity contribution in [3.8, 4) is 11.5 Å². The van der Waals surface area contributed by atoms with Gasteiger partial charge in [0.15, 0.2) is 17.3 Å². The summed E-state index contributed by atoms with van der Waals surface area (Å²) in [5.74, 6) is 1.07. The van der Waals surface area contributed by atoms with Gasteiger partial charge in [-0.15, -0.1) is 5.06 Å². The van der Waals surface area contributed by atoms with E-state index in [9.17, 15) is 4.39 Å². The van der Waals surface area contributed by atoms with Crippen molar-refractivity contribution >= 4 is 34.0 Å². The van der Waals surface area contributed by atoms with Gasteiger partial charge in [0.2, 0.25) is 0 Å². The number of anilines is 2. The van der Waals surface area contributed by atoms with E-state index in [1.807, 2.05) is 11.1 Å². The second kappa shape index (κ2) is 8.16. The number of rotatable bonds is 5. The van der Waals surface area contributed by atoms with Gasteiger partial charge in [-0.05, 0) is 31.0 Å². The normalized spacial score (nSPS) is 14.8. The maximum atomic E-state index is 14.3. The van der Waals surface area contributed by atoms with E-state index in [0.717, 1.165) is 25.9 Å². The SMILES string of the molecule is COc1cc2ncnc(Nc3cccc(Cl)c3F)c2cc1ON1CCCCC1. The number of aromatic nitrogens is 2. The van der Waals surface area contributed by atoms with Gasteiger partial charge in [-0.3, -0.25) is 0 Å². The Morgan fingerprint density at radius 1 is 1.11 bits per heavy atom. The van der Waals surface area contributed by atoms with E-state index >= 15 is 0 Å². The number of nitrogens with one attached hydrogen (secondary N) is 1. The molecule has 6 nitrogen and oxygen atoms in total. The Bertz CT molecular complexity index is 995. The molecule has 1 saturated heterocycles. The zero-order valence-electron chi connectivity index (χ0n) is 15.4. The Kier molecular flexibility index (Phi) is 5.45. The summed E-state index contributed by atoms with van der Waals surface area (Å²) < 4.78 is 19.8. The van der Waals surface area contributed by atoms with Gasteiger partial charge in [-0.25, -0.2) is 14.4 Å². The lowest BCUT2D eigenvalue weighted by molar-refractivity contribution is -0.0734. The van der Waals surface area contributed by atoms with Crippen molar-refractivity contribution < 1.29 is 14.0 Å². The van der Waals surface area contributed by atoms with Crippen LogP contribution in [0.3, 0.4) is 0 Å². The van der Waals surface area contributed by atoms with Crippen LogP contribution in [0, 0.1) is 5.82 Å². The third-order valence-electron chi connectivity index (χ3n) is 4.67. The summed E-state index contributed by atoms with van der Waals surface area (Å²) in [5, 5.41) is 5.67. The van der Waals surface area contributed by atoms with Crippen molar-refractivity contribution in [2.75, 3.05) is 25.5 Å². The molecule has 0 amide bonds. The van der Waals surface area contributed by atoms with E-state index in [-0.39, 0.29) is 10.7 Å². The Hall–Kier alpha value is -2.64. The average molecular weight is 403 g/mol. The third-order valence-corrected chi connectivity index (χ3v) is 4.96. The van der Waals surface area contributed by atoms with Crippen LogP contribution in [0.1, 0.15) is 19.3 Å². The average Bonchev–Trinajstić information content (AvgIpc) is 2.72. The molecule has 0 aliphatic carbocycles. The predicted octanol–water partition coefficient (Wildman–Crippen LogP) is 4.95. The first kappa shape index (κ1) is 18.7. The highest BCUT2D eigenvalue weighted by atomic mass is 35.5. The number of halogens is 2. The molecule has 0 bridgehead atoms. The first-order valence-electron chi connectivity index (χ1n) is 9.12. The summed E-state index contributed by atoms with van der Waals surface area (Å²) in [4.78, 5) is 14.6. The number of hydrogen-bond acceptors (Lipinski definition) is 6. The van der Waals surface area contributed by atoms with Crippen molar-refractivity contribution in [2.24, 2.45) is 0 Å². The van der Waals surface area contributed by atoms with Gasteiger partial charge in [0, 0.05) is 24.5 Å². The molecule has 2 heterocycles. The molecular weight excluding hydrogens is 383 g/mol. The molecular formula is C20H20ClFN4O2. The van der Waals surface area contributed by atoms with E-state index in [0.29, 0.717) is 28.2 Å². The second-order valence-corrected chi connectivity index (χ2v) is 6.96. The van der Waals surface area contributed by atoms with E-state index in [4.69, 9.17) is 21.2 Å². The topological polar surface area (TPSA) is 59.5 Å². The van der Waals surface area contributed by atoms with Crippen LogP contribution in [0.15, 0.2) is 36.7 Å². The van der Waals surface area contributed by atoms with Crippen LogP contribution in [0.4, 0.5) is 15.9 Å². The smallest absolute Gasteiger partial charge is 0.190 e. The van der Waals surface area contributed by atoms with Gasteiger partial charge >= 0.3 is 0 Å². The lowest BCUT2D eigenvalue weighted by Gasteiger charge is -2.26.